The van der Waals surface area contributed by atoms with Gasteiger partial charge in [0.2, 0.25) is 0 Å². The largest absolute Gasteiger partial charge is 0.351 e. The highest BCUT2D eigenvalue weighted by atomic mass is 16.6. The number of ketones is 1. The Morgan fingerprint density at radius 3 is 2.37 bits per heavy atom. The molecule has 13 nitrogen and oxygen atoms in total. The van der Waals surface area contributed by atoms with E-state index in [1.54, 1.807) is 0 Å². The SMILES string of the molecule is Cn1nnnc1CC(=O)c1nn(C)c(=O)n(-c2ccc([N+](=O)[O-])cc2)c1=O. The third-order valence-corrected chi connectivity index (χ3v) is 3.73. The van der Waals surface area contributed by atoms with Crippen LogP contribution in [0.3, 0.4) is 0 Å². The summed E-state index contributed by atoms with van der Waals surface area (Å²) in [4.78, 5) is 47.7. The van der Waals surface area contributed by atoms with Crippen LogP contribution in [0.15, 0.2) is 33.9 Å². The van der Waals surface area contributed by atoms with Crippen molar-refractivity contribution in [3.63, 3.8) is 0 Å². The van der Waals surface area contributed by atoms with Gasteiger partial charge in [-0.3, -0.25) is 19.7 Å². The van der Waals surface area contributed by atoms with Gasteiger partial charge >= 0.3 is 5.69 Å². The Morgan fingerprint density at radius 1 is 1.15 bits per heavy atom. The first-order valence-corrected chi connectivity index (χ1v) is 7.49. The third-order valence-electron chi connectivity index (χ3n) is 3.73. The average Bonchev–Trinajstić information content (AvgIpc) is 3.03. The highest BCUT2D eigenvalue weighted by molar-refractivity contribution is 5.94. The van der Waals surface area contributed by atoms with Crippen LogP contribution in [0.25, 0.3) is 5.69 Å². The lowest BCUT2D eigenvalue weighted by molar-refractivity contribution is -0.384. The summed E-state index contributed by atoms with van der Waals surface area (Å²) in [6, 6.07) is 4.77. The molecule has 0 bridgehead atoms. The summed E-state index contributed by atoms with van der Waals surface area (Å²) in [5.74, 6) is -0.457. The Kier molecular flexibility index (Phi) is 4.41. The maximum absolute atomic E-state index is 12.7. The molecule has 0 aliphatic rings. The number of aryl methyl sites for hydroxylation is 2. The van der Waals surface area contributed by atoms with Gasteiger partial charge in [-0.25, -0.2) is 18.7 Å². The van der Waals surface area contributed by atoms with E-state index in [1.165, 1.54) is 30.9 Å². The predicted molar refractivity (Wildman–Crippen MR) is 88.6 cm³/mol. The molecule has 3 aromatic rings. The second kappa shape index (κ2) is 6.70. The van der Waals surface area contributed by atoms with Crippen molar-refractivity contribution in [2.75, 3.05) is 0 Å². The molecule has 3 rings (SSSR count). The molecule has 27 heavy (non-hydrogen) atoms. The molecular weight excluding hydrogens is 360 g/mol. The molecule has 0 saturated carbocycles. The van der Waals surface area contributed by atoms with Crippen LogP contribution in [0.4, 0.5) is 5.69 Å². The van der Waals surface area contributed by atoms with Gasteiger partial charge in [-0.2, -0.15) is 5.10 Å². The zero-order valence-corrected chi connectivity index (χ0v) is 14.1. The second-order valence-electron chi connectivity index (χ2n) is 5.49. The maximum Gasteiger partial charge on any atom is 0.351 e. The topological polar surface area (TPSA) is 161 Å². The molecular formula is C14H12N8O5. The number of non-ortho nitro benzene ring substituents is 1. The molecule has 13 heteroatoms. The van der Waals surface area contributed by atoms with E-state index in [-0.39, 0.29) is 23.6 Å². The molecule has 0 fully saturated rings. The second-order valence-corrected chi connectivity index (χ2v) is 5.49. The van der Waals surface area contributed by atoms with E-state index in [1.807, 2.05) is 0 Å². The number of nitro groups is 1. The molecule has 0 atom stereocenters. The summed E-state index contributed by atoms with van der Waals surface area (Å²) in [5, 5.41) is 25.2. The van der Waals surface area contributed by atoms with Crippen LogP contribution in [-0.4, -0.2) is 45.3 Å². The number of nitrogens with zero attached hydrogens (tertiary/aromatic N) is 8. The maximum atomic E-state index is 12.7. The minimum atomic E-state index is -0.938. The van der Waals surface area contributed by atoms with Crippen LogP contribution < -0.4 is 11.2 Å². The monoisotopic (exact) mass is 372 g/mol. The summed E-state index contributed by atoms with van der Waals surface area (Å²) in [5.41, 5.74) is -2.34. The summed E-state index contributed by atoms with van der Waals surface area (Å²) in [7, 11) is 2.82. The quantitative estimate of drug-likeness (QED) is 0.304. The summed E-state index contributed by atoms with van der Waals surface area (Å²) < 4.78 is 2.83. The fourth-order valence-electron chi connectivity index (χ4n) is 2.32. The number of benzene rings is 1. The number of Topliss-reactive ketones (excluding diaryl/α,β-unsaturated/α-hetero) is 1. The van der Waals surface area contributed by atoms with E-state index in [4.69, 9.17) is 0 Å². The molecule has 0 amide bonds. The van der Waals surface area contributed by atoms with Gasteiger partial charge in [-0.1, -0.05) is 0 Å². The molecule has 0 saturated heterocycles. The highest BCUT2D eigenvalue weighted by Crippen LogP contribution is 2.13. The number of nitro benzene ring substituents is 1. The van der Waals surface area contributed by atoms with E-state index in [0.29, 0.717) is 0 Å². The van der Waals surface area contributed by atoms with Crippen LogP contribution in [0.5, 0.6) is 0 Å². The van der Waals surface area contributed by atoms with Crippen LogP contribution in [0.2, 0.25) is 0 Å². The van der Waals surface area contributed by atoms with Gasteiger partial charge in [-0.05, 0) is 22.6 Å². The van der Waals surface area contributed by atoms with E-state index in [0.717, 1.165) is 21.4 Å². The first-order valence-electron chi connectivity index (χ1n) is 7.49. The molecule has 0 unspecified atom stereocenters. The number of tetrazole rings is 1. The molecule has 0 N–H and O–H groups in total. The van der Waals surface area contributed by atoms with Gasteiger partial charge in [0.15, 0.2) is 17.3 Å². The van der Waals surface area contributed by atoms with Crippen molar-refractivity contribution in [1.82, 2.24) is 34.6 Å². The third kappa shape index (κ3) is 3.24. The number of hydrogen-bond acceptors (Lipinski definition) is 9. The number of rotatable bonds is 5. The average molecular weight is 372 g/mol. The van der Waals surface area contributed by atoms with Gasteiger partial charge in [-0.15, -0.1) is 5.10 Å². The number of aromatic nitrogens is 7. The molecule has 138 valence electrons. The van der Waals surface area contributed by atoms with Crippen molar-refractivity contribution in [3.8, 4) is 5.69 Å². The van der Waals surface area contributed by atoms with Crippen molar-refractivity contribution >= 4 is 11.5 Å². The van der Waals surface area contributed by atoms with Gasteiger partial charge in [0, 0.05) is 26.2 Å². The molecule has 1 aromatic carbocycles. The Bertz CT molecular complexity index is 1160. The molecule has 2 aromatic heterocycles. The smallest absolute Gasteiger partial charge is 0.292 e. The first-order chi connectivity index (χ1) is 12.8. The standard InChI is InChI=1S/C14H12N8O5/c1-19-11(15-17-18-19)7-10(23)12-13(24)21(14(25)20(2)16-12)8-3-5-9(6-4-8)22(26)27/h3-6H,7H2,1-2H3. The zero-order valence-electron chi connectivity index (χ0n) is 14.1. The summed E-state index contributed by atoms with van der Waals surface area (Å²) in [6.45, 7) is 0. The van der Waals surface area contributed by atoms with E-state index < -0.39 is 27.6 Å². The summed E-state index contributed by atoms with van der Waals surface area (Å²) >= 11 is 0. The molecule has 0 aliphatic heterocycles. The van der Waals surface area contributed by atoms with E-state index in [9.17, 15) is 24.5 Å². The van der Waals surface area contributed by atoms with Crippen molar-refractivity contribution < 1.29 is 9.72 Å². The minimum absolute atomic E-state index is 0.0722. The van der Waals surface area contributed by atoms with Crippen molar-refractivity contribution in [1.29, 1.82) is 0 Å². The Balaban J connectivity index is 2.09. The lowest BCUT2D eigenvalue weighted by Gasteiger charge is -2.08. The fourth-order valence-corrected chi connectivity index (χ4v) is 2.32. The van der Waals surface area contributed by atoms with Crippen molar-refractivity contribution in [2.45, 2.75) is 6.42 Å². The lowest BCUT2D eigenvalue weighted by Crippen LogP contribution is -2.43. The van der Waals surface area contributed by atoms with Crippen LogP contribution in [0, 0.1) is 10.1 Å². The fraction of sp³-hybridized carbons (Fsp3) is 0.214. The Labute approximate surface area is 149 Å². The molecule has 2 heterocycles. The molecule has 0 aliphatic carbocycles. The minimum Gasteiger partial charge on any atom is -0.292 e. The van der Waals surface area contributed by atoms with Gasteiger partial charge in [0.25, 0.3) is 11.2 Å². The normalized spacial score (nSPS) is 10.7. The van der Waals surface area contributed by atoms with Gasteiger partial charge in [0.1, 0.15) is 0 Å². The number of carbonyl (C=O) groups is 1. The Hall–Kier alpha value is -4.03. The van der Waals surface area contributed by atoms with E-state index in [2.05, 4.69) is 20.6 Å². The highest BCUT2D eigenvalue weighted by Gasteiger charge is 2.21. The number of hydrogen-bond donors (Lipinski definition) is 0. The van der Waals surface area contributed by atoms with Gasteiger partial charge < -0.3 is 0 Å². The van der Waals surface area contributed by atoms with Crippen LogP contribution >= 0.6 is 0 Å². The molecule has 0 radical (unpaired) electrons. The first kappa shape index (κ1) is 17.8. The van der Waals surface area contributed by atoms with Crippen LogP contribution in [0.1, 0.15) is 16.3 Å². The van der Waals surface area contributed by atoms with Gasteiger partial charge in [0.05, 0.1) is 17.0 Å². The molecule has 0 spiro atoms. The number of carbonyl (C=O) groups excluding carboxylic acids is 1. The van der Waals surface area contributed by atoms with Crippen molar-refractivity contribution in [2.24, 2.45) is 14.1 Å². The lowest BCUT2D eigenvalue weighted by atomic mass is 10.2. The summed E-state index contributed by atoms with van der Waals surface area (Å²) in [6.07, 6.45) is -0.287. The predicted octanol–water partition coefficient (Wildman–Crippen LogP) is -1.21. The van der Waals surface area contributed by atoms with Crippen molar-refractivity contribution in [3.05, 3.63) is 66.7 Å². The van der Waals surface area contributed by atoms with Crippen LogP contribution in [-0.2, 0) is 20.5 Å². The Morgan fingerprint density at radius 2 is 1.81 bits per heavy atom. The zero-order chi connectivity index (χ0) is 19.7. The van der Waals surface area contributed by atoms with E-state index >= 15 is 0 Å².